The van der Waals surface area contributed by atoms with E-state index in [2.05, 4.69) is 13.8 Å². The minimum atomic E-state index is -0.936. The Morgan fingerprint density at radius 1 is 1.45 bits per heavy atom. The van der Waals surface area contributed by atoms with Crippen molar-refractivity contribution in [1.82, 2.24) is 0 Å². The molecule has 110 valence electrons. The molecule has 1 rings (SSSR count). The number of methoxy groups -OCH3 is 1. The van der Waals surface area contributed by atoms with Crippen molar-refractivity contribution in [2.45, 2.75) is 26.0 Å². The first-order chi connectivity index (χ1) is 9.52. The first-order valence-corrected chi connectivity index (χ1v) is 7.84. The molecule has 0 fully saturated rings. The third kappa shape index (κ3) is 6.15. The molecule has 0 radical (unpaired) electrons. The smallest absolute Gasteiger partial charge is 0.328 e. The van der Waals surface area contributed by atoms with Crippen molar-refractivity contribution in [2.24, 2.45) is 5.92 Å². The van der Waals surface area contributed by atoms with E-state index in [0.717, 1.165) is 34.5 Å². The van der Waals surface area contributed by atoms with Gasteiger partial charge >= 0.3 is 5.97 Å². The summed E-state index contributed by atoms with van der Waals surface area (Å²) in [7, 11) is 1.66. The number of carbonyl (C=O) groups is 1. The maximum atomic E-state index is 10.5. The van der Waals surface area contributed by atoms with Gasteiger partial charge in [-0.15, -0.1) is 0 Å². The Morgan fingerprint density at radius 2 is 2.20 bits per heavy atom. The molecule has 0 aliphatic rings. The highest BCUT2D eigenvalue weighted by Crippen LogP contribution is 2.26. The summed E-state index contributed by atoms with van der Waals surface area (Å²) in [6.45, 7) is 4.44. The molecule has 1 N–H and O–H groups in total. The third-order valence-electron chi connectivity index (χ3n) is 2.82. The predicted octanol–water partition coefficient (Wildman–Crippen LogP) is 4.07. The van der Waals surface area contributed by atoms with E-state index in [1.807, 2.05) is 30.0 Å². The van der Waals surface area contributed by atoms with Gasteiger partial charge < -0.3 is 9.84 Å². The Balaban J connectivity index is 2.70. The number of aliphatic carboxylic acids is 1. The molecular formula is C16H22O3S. The molecule has 0 bridgehead atoms. The van der Waals surface area contributed by atoms with Crippen LogP contribution in [0.3, 0.4) is 0 Å². The minimum Gasteiger partial charge on any atom is -0.496 e. The first kappa shape index (κ1) is 16.6. The highest BCUT2D eigenvalue weighted by molar-refractivity contribution is 7.98. The molecule has 3 nitrogen and oxygen atoms in total. The fourth-order valence-corrected chi connectivity index (χ4v) is 2.91. The highest BCUT2D eigenvalue weighted by atomic mass is 32.2. The van der Waals surface area contributed by atoms with Crippen LogP contribution < -0.4 is 4.74 Å². The van der Waals surface area contributed by atoms with Crippen LogP contribution in [0.1, 0.15) is 31.4 Å². The number of ether oxygens (including phenoxy) is 1. The summed E-state index contributed by atoms with van der Waals surface area (Å²) in [6, 6.07) is 5.74. The summed E-state index contributed by atoms with van der Waals surface area (Å²) in [5.41, 5.74) is 1.99. The van der Waals surface area contributed by atoms with E-state index in [9.17, 15) is 4.79 Å². The van der Waals surface area contributed by atoms with Crippen LogP contribution in [0.25, 0.3) is 6.08 Å². The summed E-state index contributed by atoms with van der Waals surface area (Å²) in [5.74, 6) is 2.64. The van der Waals surface area contributed by atoms with E-state index < -0.39 is 5.97 Å². The summed E-state index contributed by atoms with van der Waals surface area (Å²) in [6.07, 6.45) is 3.95. The molecule has 20 heavy (non-hydrogen) atoms. The maximum Gasteiger partial charge on any atom is 0.328 e. The number of carboxylic acids is 1. The van der Waals surface area contributed by atoms with Crippen molar-refractivity contribution in [3.8, 4) is 5.75 Å². The van der Waals surface area contributed by atoms with Gasteiger partial charge in [-0.25, -0.2) is 4.79 Å². The van der Waals surface area contributed by atoms with Crippen LogP contribution in [0.15, 0.2) is 24.3 Å². The third-order valence-corrected chi connectivity index (χ3v) is 3.86. The Labute approximate surface area is 125 Å². The molecule has 0 atom stereocenters. The number of rotatable bonds is 8. The highest BCUT2D eigenvalue weighted by Gasteiger charge is 2.04. The molecule has 0 saturated carbocycles. The Morgan fingerprint density at radius 3 is 2.80 bits per heavy atom. The largest absolute Gasteiger partial charge is 0.496 e. The molecule has 0 heterocycles. The maximum absolute atomic E-state index is 10.5. The zero-order chi connectivity index (χ0) is 15.0. The minimum absolute atomic E-state index is 0.717. The van der Waals surface area contributed by atoms with Crippen LogP contribution in [-0.4, -0.2) is 23.9 Å². The second-order valence-corrected chi connectivity index (χ2v) is 6.08. The van der Waals surface area contributed by atoms with Crippen LogP contribution in [-0.2, 0) is 10.5 Å². The van der Waals surface area contributed by atoms with E-state index >= 15 is 0 Å². The summed E-state index contributed by atoms with van der Waals surface area (Å²) >= 11 is 1.88. The average molecular weight is 294 g/mol. The van der Waals surface area contributed by atoms with E-state index in [1.165, 1.54) is 6.42 Å². The van der Waals surface area contributed by atoms with Gasteiger partial charge in [0.1, 0.15) is 5.75 Å². The lowest BCUT2D eigenvalue weighted by atomic mass is 10.1. The predicted molar refractivity (Wildman–Crippen MR) is 85.3 cm³/mol. The molecule has 1 aromatic rings. The van der Waals surface area contributed by atoms with Gasteiger partial charge in [0.15, 0.2) is 0 Å². The fraction of sp³-hybridized carbons (Fsp3) is 0.438. The van der Waals surface area contributed by atoms with Crippen molar-refractivity contribution in [1.29, 1.82) is 0 Å². The van der Waals surface area contributed by atoms with Crippen LogP contribution in [0.4, 0.5) is 0 Å². The molecule has 0 saturated heterocycles. The van der Waals surface area contributed by atoms with Crippen LogP contribution in [0.2, 0.25) is 0 Å². The summed E-state index contributed by atoms with van der Waals surface area (Å²) in [4.78, 5) is 10.5. The second kappa shape index (κ2) is 8.69. The number of hydrogen-bond donors (Lipinski definition) is 1. The van der Waals surface area contributed by atoms with Gasteiger partial charge in [0, 0.05) is 17.4 Å². The standard InChI is InChI=1S/C16H22O3S/c1-12(2)8-9-20-11-14-10-13(5-7-16(17)18)4-6-15(14)19-3/h4-7,10,12H,8-9,11H2,1-3H3,(H,17,18)/b7-5+. The normalized spacial score (nSPS) is 11.2. The number of benzene rings is 1. The van der Waals surface area contributed by atoms with Crippen LogP contribution in [0.5, 0.6) is 5.75 Å². The summed E-state index contributed by atoms with van der Waals surface area (Å²) < 4.78 is 5.35. The molecule has 4 heteroatoms. The lowest BCUT2D eigenvalue weighted by Gasteiger charge is -2.10. The molecule has 0 aromatic heterocycles. The van der Waals surface area contributed by atoms with E-state index in [-0.39, 0.29) is 0 Å². The number of thioether (sulfide) groups is 1. The van der Waals surface area contributed by atoms with Gasteiger partial charge in [0.05, 0.1) is 7.11 Å². The van der Waals surface area contributed by atoms with Crippen LogP contribution in [0, 0.1) is 5.92 Å². The van der Waals surface area contributed by atoms with Gasteiger partial charge in [-0.1, -0.05) is 19.9 Å². The molecule has 1 aromatic carbocycles. The van der Waals surface area contributed by atoms with Crippen LogP contribution >= 0.6 is 11.8 Å². The Bertz CT molecular complexity index is 467. The molecular weight excluding hydrogens is 272 g/mol. The van der Waals surface area contributed by atoms with Crippen molar-refractivity contribution in [3.63, 3.8) is 0 Å². The molecule has 0 aliphatic carbocycles. The van der Waals surface area contributed by atoms with Gasteiger partial charge in [-0.05, 0) is 41.9 Å². The van der Waals surface area contributed by atoms with Gasteiger partial charge in [0.2, 0.25) is 0 Å². The molecule has 0 amide bonds. The second-order valence-electron chi connectivity index (χ2n) is 4.98. The van der Waals surface area contributed by atoms with E-state index in [1.54, 1.807) is 13.2 Å². The average Bonchev–Trinajstić information content (AvgIpc) is 2.41. The van der Waals surface area contributed by atoms with Crippen molar-refractivity contribution >= 4 is 23.8 Å². The summed E-state index contributed by atoms with van der Waals surface area (Å²) in [5, 5.41) is 8.65. The lowest BCUT2D eigenvalue weighted by molar-refractivity contribution is -0.131. The van der Waals surface area contributed by atoms with Crippen molar-refractivity contribution in [2.75, 3.05) is 12.9 Å². The van der Waals surface area contributed by atoms with Crippen molar-refractivity contribution < 1.29 is 14.6 Å². The van der Waals surface area contributed by atoms with Gasteiger partial charge in [-0.2, -0.15) is 11.8 Å². The van der Waals surface area contributed by atoms with Gasteiger partial charge in [0.25, 0.3) is 0 Å². The van der Waals surface area contributed by atoms with Gasteiger partial charge in [-0.3, -0.25) is 0 Å². The molecule has 0 aliphatic heterocycles. The molecule has 0 unspecified atom stereocenters. The first-order valence-electron chi connectivity index (χ1n) is 6.68. The zero-order valence-electron chi connectivity index (χ0n) is 12.3. The number of hydrogen-bond acceptors (Lipinski definition) is 3. The van der Waals surface area contributed by atoms with E-state index in [0.29, 0.717) is 5.92 Å². The van der Waals surface area contributed by atoms with Crippen molar-refractivity contribution in [3.05, 3.63) is 35.4 Å². The van der Waals surface area contributed by atoms with E-state index in [4.69, 9.17) is 9.84 Å². The SMILES string of the molecule is COc1ccc(/C=C/C(=O)O)cc1CSCCC(C)C. The Kier molecular flexibility index (Phi) is 7.23. The quantitative estimate of drug-likeness (QED) is 0.580. The topological polar surface area (TPSA) is 46.5 Å². The molecule has 0 spiro atoms. The fourth-order valence-electron chi connectivity index (χ4n) is 1.68. The lowest BCUT2D eigenvalue weighted by Crippen LogP contribution is -1.94. The monoisotopic (exact) mass is 294 g/mol. The zero-order valence-corrected chi connectivity index (χ0v) is 13.1. The Hall–Kier alpha value is -1.42. The number of carboxylic acid groups (broad SMARTS) is 1.